The van der Waals surface area contributed by atoms with Crippen molar-refractivity contribution >= 4 is 34.0 Å². The lowest BCUT2D eigenvalue weighted by atomic mass is 9.96. The van der Waals surface area contributed by atoms with Crippen LogP contribution in [0.3, 0.4) is 0 Å². The van der Waals surface area contributed by atoms with Gasteiger partial charge in [0.2, 0.25) is 5.91 Å². The molecule has 8 heteroatoms. The van der Waals surface area contributed by atoms with Crippen LogP contribution in [0.4, 0.5) is 5.82 Å². The quantitative estimate of drug-likeness (QED) is 0.871. The second kappa shape index (κ2) is 4.78. The average molecular weight is 294 g/mol. The highest BCUT2D eigenvalue weighted by molar-refractivity contribution is 7.15. The number of aromatic nitrogens is 2. The fourth-order valence-electron chi connectivity index (χ4n) is 2.57. The van der Waals surface area contributed by atoms with Crippen molar-refractivity contribution in [2.45, 2.75) is 12.8 Å². The van der Waals surface area contributed by atoms with E-state index in [2.05, 4.69) is 4.98 Å². The van der Waals surface area contributed by atoms with Crippen molar-refractivity contribution in [2.75, 3.05) is 18.0 Å². The van der Waals surface area contributed by atoms with Crippen LogP contribution in [0.1, 0.15) is 23.3 Å². The first-order valence-corrected chi connectivity index (χ1v) is 7.19. The number of nitrogens with zero attached hydrogens (tertiary/aromatic N) is 3. The molecule has 1 aliphatic heterocycles. The normalized spacial score (nSPS) is 16.7. The zero-order valence-corrected chi connectivity index (χ0v) is 11.5. The van der Waals surface area contributed by atoms with Crippen LogP contribution >= 0.6 is 11.3 Å². The van der Waals surface area contributed by atoms with Crippen LogP contribution in [0.2, 0.25) is 0 Å². The number of carboxylic acids is 1. The fourth-order valence-corrected chi connectivity index (χ4v) is 3.28. The van der Waals surface area contributed by atoms with Crippen molar-refractivity contribution in [1.82, 2.24) is 9.38 Å². The highest BCUT2D eigenvalue weighted by atomic mass is 32.1. The molecule has 0 unspecified atom stereocenters. The minimum atomic E-state index is -0.997. The predicted octanol–water partition coefficient (Wildman–Crippen LogP) is 0.796. The number of hydrogen-bond donors (Lipinski definition) is 2. The molecule has 20 heavy (non-hydrogen) atoms. The monoisotopic (exact) mass is 294 g/mol. The summed E-state index contributed by atoms with van der Waals surface area (Å²) >= 11 is 1.40. The SMILES string of the molecule is NC(=O)C1CCN(c2nc3sccn3c2C(=O)O)CC1. The Morgan fingerprint density at radius 1 is 1.40 bits per heavy atom. The molecule has 1 fully saturated rings. The molecular weight excluding hydrogens is 280 g/mol. The van der Waals surface area contributed by atoms with Crippen molar-refractivity contribution in [1.29, 1.82) is 0 Å². The number of carbonyl (C=O) groups is 2. The van der Waals surface area contributed by atoms with E-state index in [0.717, 1.165) is 0 Å². The van der Waals surface area contributed by atoms with Crippen molar-refractivity contribution < 1.29 is 14.7 Å². The summed E-state index contributed by atoms with van der Waals surface area (Å²) in [5.74, 6) is -0.924. The number of piperidine rings is 1. The number of primary amides is 1. The molecule has 1 saturated heterocycles. The van der Waals surface area contributed by atoms with E-state index in [9.17, 15) is 14.7 Å². The van der Waals surface area contributed by atoms with Gasteiger partial charge in [-0.15, -0.1) is 11.3 Å². The Kier molecular flexibility index (Phi) is 3.09. The zero-order valence-electron chi connectivity index (χ0n) is 10.7. The van der Waals surface area contributed by atoms with Crippen molar-refractivity contribution in [3.8, 4) is 0 Å². The lowest BCUT2D eigenvalue weighted by molar-refractivity contribution is -0.122. The first kappa shape index (κ1) is 12.9. The fraction of sp³-hybridized carbons (Fsp3) is 0.417. The summed E-state index contributed by atoms with van der Waals surface area (Å²) in [5.41, 5.74) is 5.48. The third-order valence-corrected chi connectivity index (χ3v) is 4.40. The third kappa shape index (κ3) is 2.01. The van der Waals surface area contributed by atoms with E-state index < -0.39 is 5.97 Å². The lowest BCUT2D eigenvalue weighted by Gasteiger charge is -2.30. The number of thiazole rings is 1. The number of amides is 1. The van der Waals surface area contributed by atoms with Gasteiger partial charge in [0.1, 0.15) is 0 Å². The van der Waals surface area contributed by atoms with E-state index in [1.165, 1.54) is 11.3 Å². The molecule has 0 radical (unpaired) electrons. The van der Waals surface area contributed by atoms with Crippen LogP contribution < -0.4 is 10.6 Å². The van der Waals surface area contributed by atoms with Gasteiger partial charge in [-0.1, -0.05) is 0 Å². The van der Waals surface area contributed by atoms with E-state index >= 15 is 0 Å². The third-order valence-electron chi connectivity index (χ3n) is 3.64. The summed E-state index contributed by atoms with van der Waals surface area (Å²) in [6.45, 7) is 1.19. The van der Waals surface area contributed by atoms with Crippen molar-refractivity contribution in [3.63, 3.8) is 0 Å². The van der Waals surface area contributed by atoms with Crippen LogP contribution in [0, 0.1) is 5.92 Å². The Bertz CT molecular complexity index is 669. The van der Waals surface area contributed by atoms with E-state index in [4.69, 9.17) is 5.73 Å². The zero-order chi connectivity index (χ0) is 14.3. The number of carbonyl (C=O) groups excluding carboxylic acids is 1. The first-order chi connectivity index (χ1) is 9.58. The van der Waals surface area contributed by atoms with Gasteiger partial charge in [0.05, 0.1) is 0 Å². The molecule has 106 valence electrons. The lowest BCUT2D eigenvalue weighted by Crippen LogP contribution is -2.39. The van der Waals surface area contributed by atoms with Gasteiger partial charge in [-0.2, -0.15) is 0 Å². The average Bonchev–Trinajstić information content (AvgIpc) is 2.97. The van der Waals surface area contributed by atoms with Gasteiger partial charge in [-0.05, 0) is 12.8 Å². The molecule has 0 bridgehead atoms. The van der Waals surface area contributed by atoms with Crippen LogP contribution in [-0.4, -0.2) is 39.5 Å². The summed E-state index contributed by atoms with van der Waals surface area (Å²) in [6.07, 6.45) is 2.98. The highest BCUT2D eigenvalue weighted by Gasteiger charge is 2.29. The molecule has 0 aliphatic carbocycles. The molecule has 0 atom stereocenters. The second-order valence-electron chi connectivity index (χ2n) is 4.81. The van der Waals surface area contributed by atoms with Gasteiger partial charge >= 0.3 is 5.97 Å². The van der Waals surface area contributed by atoms with E-state index in [1.807, 2.05) is 4.90 Å². The molecule has 2 aromatic rings. The van der Waals surface area contributed by atoms with Crippen LogP contribution in [-0.2, 0) is 4.79 Å². The number of fused-ring (bicyclic) bond motifs is 1. The van der Waals surface area contributed by atoms with Crippen molar-refractivity contribution in [3.05, 3.63) is 17.3 Å². The molecule has 3 N–H and O–H groups in total. The smallest absolute Gasteiger partial charge is 0.356 e. The molecular formula is C12H14N4O3S. The largest absolute Gasteiger partial charge is 0.476 e. The number of anilines is 1. The van der Waals surface area contributed by atoms with Gasteiger partial charge in [-0.3, -0.25) is 9.20 Å². The van der Waals surface area contributed by atoms with Gasteiger partial charge in [0.25, 0.3) is 0 Å². The Hall–Kier alpha value is -2.09. The molecule has 7 nitrogen and oxygen atoms in total. The van der Waals surface area contributed by atoms with Crippen molar-refractivity contribution in [2.24, 2.45) is 11.7 Å². The topological polar surface area (TPSA) is 101 Å². The predicted molar refractivity (Wildman–Crippen MR) is 74.2 cm³/mol. The molecule has 3 rings (SSSR count). The van der Waals surface area contributed by atoms with E-state index in [-0.39, 0.29) is 17.5 Å². The van der Waals surface area contributed by atoms with Crippen LogP contribution in [0.5, 0.6) is 0 Å². The summed E-state index contributed by atoms with van der Waals surface area (Å²) in [6, 6.07) is 0. The number of imidazole rings is 1. The first-order valence-electron chi connectivity index (χ1n) is 6.31. The number of rotatable bonds is 3. The van der Waals surface area contributed by atoms with E-state index in [0.29, 0.717) is 36.7 Å². The maximum atomic E-state index is 11.5. The number of nitrogens with two attached hydrogens (primary N) is 1. The van der Waals surface area contributed by atoms with Gasteiger partial charge in [-0.25, -0.2) is 9.78 Å². The standard InChI is InChI=1S/C12H14N4O3S/c13-9(17)7-1-3-15(4-2-7)10-8(11(18)19)16-5-6-20-12(16)14-10/h5-7H,1-4H2,(H2,13,17)(H,18,19). The Morgan fingerprint density at radius 2 is 2.10 bits per heavy atom. The summed E-state index contributed by atoms with van der Waals surface area (Å²) in [7, 11) is 0. The summed E-state index contributed by atoms with van der Waals surface area (Å²) in [4.78, 5) is 29.6. The number of carboxylic acid groups (broad SMARTS) is 1. The molecule has 1 aliphatic rings. The van der Waals surface area contributed by atoms with Gasteiger partial charge in [0, 0.05) is 30.6 Å². The number of hydrogen-bond acceptors (Lipinski definition) is 5. The maximum absolute atomic E-state index is 11.5. The van der Waals surface area contributed by atoms with Crippen LogP contribution in [0.25, 0.3) is 4.96 Å². The Morgan fingerprint density at radius 3 is 2.70 bits per heavy atom. The van der Waals surface area contributed by atoms with Gasteiger partial charge < -0.3 is 15.7 Å². The Balaban J connectivity index is 1.91. The summed E-state index contributed by atoms with van der Waals surface area (Å²) < 4.78 is 1.59. The molecule has 0 spiro atoms. The van der Waals surface area contributed by atoms with E-state index in [1.54, 1.807) is 16.0 Å². The minimum Gasteiger partial charge on any atom is -0.476 e. The molecule has 0 aromatic carbocycles. The van der Waals surface area contributed by atoms with Gasteiger partial charge in [0.15, 0.2) is 16.5 Å². The minimum absolute atomic E-state index is 0.122. The maximum Gasteiger partial charge on any atom is 0.356 e. The second-order valence-corrected chi connectivity index (χ2v) is 5.68. The summed E-state index contributed by atoms with van der Waals surface area (Å²) in [5, 5.41) is 11.2. The molecule has 2 aromatic heterocycles. The van der Waals surface area contributed by atoms with Crippen LogP contribution in [0.15, 0.2) is 11.6 Å². The number of aromatic carboxylic acids is 1. The molecule has 0 saturated carbocycles. The Labute approximate surface area is 118 Å². The molecule has 3 heterocycles. The molecule has 1 amide bonds. The highest BCUT2D eigenvalue weighted by Crippen LogP contribution is 2.28.